The van der Waals surface area contributed by atoms with Gasteiger partial charge in [0.2, 0.25) is 5.91 Å². The first-order valence-corrected chi connectivity index (χ1v) is 6.36. The number of allylic oxidation sites excluding steroid dienone is 1. The number of nitrogens with one attached hydrogen (secondary N) is 2. The summed E-state index contributed by atoms with van der Waals surface area (Å²) in [5.74, 6) is -0.0974. The highest BCUT2D eigenvalue weighted by molar-refractivity contribution is 5.99. The number of hydrogen-bond acceptors (Lipinski definition) is 3. The number of carbonyl (C=O) groups excluding carboxylic acids is 1. The molecule has 0 bridgehead atoms. The number of nitrogens with zero attached hydrogens (tertiary/aromatic N) is 2. The van der Waals surface area contributed by atoms with Gasteiger partial charge in [-0.2, -0.15) is 5.10 Å². The van der Waals surface area contributed by atoms with Gasteiger partial charge in [0.15, 0.2) is 0 Å². The van der Waals surface area contributed by atoms with Crippen LogP contribution >= 0.6 is 0 Å². The van der Waals surface area contributed by atoms with E-state index >= 15 is 0 Å². The Bertz CT molecular complexity index is 440. The molecular formula is C13H20N4O. The molecule has 2 heterocycles. The maximum atomic E-state index is 11.6. The molecule has 5 nitrogen and oxygen atoms in total. The van der Waals surface area contributed by atoms with E-state index in [1.54, 1.807) is 12.3 Å². The Kier molecular flexibility index (Phi) is 4.15. The molecule has 1 aromatic rings. The van der Waals surface area contributed by atoms with Crippen molar-refractivity contribution in [2.45, 2.75) is 32.7 Å². The van der Waals surface area contributed by atoms with Gasteiger partial charge >= 0.3 is 0 Å². The summed E-state index contributed by atoms with van der Waals surface area (Å²) in [5, 5.41) is 10.5. The van der Waals surface area contributed by atoms with Crippen molar-refractivity contribution in [3.05, 3.63) is 24.0 Å². The third-order valence-electron chi connectivity index (χ3n) is 2.97. The third kappa shape index (κ3) is 3.43. The van der Waals surface area contributed by atoms with Gasteiger partial charge in [-0.1, -0.05) is 5.57 Å². The van der Waals surface area contributed by atoms with Crippen molar-refractivity contribution in [3.63, 3.8) is 0 Å². The molecule has 2 N–H and O–H groups in total. The second kappa shape index (κ2) is 5.82. The Morgan fingerprint density at radius 2 is 2.22 bits per heavy atom. The van der Waals surface area contributed by atoms with Gasteiger partial charge < -0.3 is 10.6 Å². The number of amides is 1. The van der Waals surface area contributed by atoms with Gasteiger partial charge in [-0.25, -0.2) is 0 Å². The van der Waals surface area contributed by atoms with E-state index in [0.29, 0.717) is 6.04 Å². The van der Waals surface area contributed by atoms with E-state index in [0.717, 1.165) is 37.2 Å². The van der Waals surface area contributed by atoms with E-state index in [9.17, 15) is 4.79 Å². The molecule has 0 radical (unpaired) electrons. The summed E-state index contributed by atoms with van der Waals surface area (Å²) in [6, 6.07) is 0.445. The predicted octanol–water partition coefficient (Wildman–Crippen LogP) is 1.71. The van der Waals surface area contributed by atoms with Crippen LogP contribution in [0.3, 0.4) is 0 Å². The molecule has 0 unspecified atom stereocenters. The van der Waals surface area contributed by atoms with Gasteiger partial charge in [-0.05, 0) is 39.8 Å². The van der Waals surface area contributed by atoms with Crippen molar-refractivity contribution < 1.29 is 4.79 Å². The molecule has 1 aliphatic rings. The van der Waals surface area contributed by atoms with Gasteiger partial charge in [-0.3, -0.25) is 9.48 Å². The molecule has 1 aliphatic heterocycles. The first-order valence-electron chi connectivity index (χ1n) is 6.36. The van der Waals surface area contributed by atoms with Crippen LogP contribution in [0.25, 0.3) is 0 Å². The summed E-state index contributed by atoms with van der Waals surface area (Å²) < 4.78 is 1.96. The van der Waals surface area contributed by atoms with Gasteiger partial charge in [0.1, 0.15) is 0 Å². The molecule has 0 aliphatic carbocycles. The lowest BCUT2D eigenvalue weighted by Crippen LogP contribution is -2.29. The average Bonchev–Trinajstić information content (AvgIpc) is 2.77. The van der Waals surface area contributed by atoms with Crippen LogP contribution in [0.2, 0.25) is 0 Å². The van der Waals surface area contributed by atoms with Crippen molar-refractivity contribution in [2.24, 2.45) is 0 Å². The number of anilines is 1. The minimum atomic E-state index is -0.0974. The maximum absolute atomic E-state index is 11.6. The molecule has 2 rings (SSSR count). The zero-order valence-corrected chi connectivity index (χ0v) is 10.9. The molecular weight excluding hydrogens is 228 g/mol. The fraction of sp³-hybridized carbons (Fsp3) is 0.538. The molecule has 18 heavy (non-hydrogen) atoms. The summed E-state index contributed by atoms with van der Waals surface area (Å²) in [7, 11) is 0. The summed E-state index contributed by atoms with van der Waals surface area (Å²) in [4.78, 5) is 11.6. The highest BCUT2D eigenvalue weighted by atomic mass is 16.1. The van der Waals surface area contributed by atoms with Crippen LogP contribution in [-0.4, -0.2) is 28.8 Å². The van der Waals surface area contributed by atoms with E-state index in [2.05, 4.69) is 15.7 Å². The molecule has 0 saturated carbocycles. The van der Waals surface area contributed by atoms with Crippen molar-refractivity contribution >= 4 is 11.6 Å². The van der Waals surface area contributed by atoms with Crippen molar-refractivity contribution in [1.82, 2.24) is 15.1 Å². The van der Waals surface area contributed by atoms with Crippen LogP contribution in [0.5, 0.6) is 0 Å². The lowest BCUT2D eigenvalue weighted by atomic mass is 10.1. The minimum absolute atomic E-state index is 0.0974. The zero-order chi connectivity index (χ0) is 13.0. The molecule has 1 saturated heterocycles. The maximum Gasteiger partial charge on any atom is 0.248 e. The SMILES string of the molecule is CC(C)=CC(=O)Nc1cnn(C2CCNCC2)c1. The molecule has 0 spiro atoms. The third-order valence-corrected chi connectivity index (χ3v) is 2.97. The largest absolute Gasteiger partial charge is 0.320 e. The minimum Gasteiger partial charge on any atom is -0.320 e. The molecule has 1 fully saturated rings. The van der Waals surface area contributed by atoms with Crippen LogP contribution in [0, 0.1) is 0 Å². The van der Waals surface area contributed by atoms with Crippen LogP contribution in [0.1, 0.15) is 32.7 Å². The number of aromatic nitrogens is 2. The molecule has 1 amide bonds. The van der Waals surface area contributed by atoms with E-state index in [4.69, 9.17) is 0 Å². The van der Waals surface area contributed by atoms with Gasteiger partial charge in [0, 0.05) is 12.3 Å². The zero-order valence-electron chi connectivity index (χ0n) is 10.9. The number of rotatable bonds is 3. The average molecular weight is 248 g/mol. The Morgan fingerprint density at radius 1 is 1.50 bits per heavy atom. The smallest absolute Gasteiger partial charge is 0.248 e. The van der Waals surface area contributed by atoms with Crippen LogP contribution in [0.15, 0.2) is 24.0 Å². The summed E-state index contributed by atoms with van der Waals surface area (Å²) in [6.07, 6.45) is 7.37. The van der Waals surface area contributed by atoms with E-state index in [-0.39, 0.29) is 5.91 Å². The van der Waals surface area contributed by atoms with E-state index < -0.39 is 0 Å². The summed E-state index contributed by atoms with van der Waals surface area (Å²) >= 11 is 0. The number of hydrogen-bond donors (Lipinski definition) is 2. The first kappa shape index (κ1) is 12.8. The Morgan fingerprint density at radius 3 is 2.89 bits per heavy atom. The molecule has 98 valence electrons. The fourth-order valence-corrected chi connectivity index (χ4v) is 2.11. The van der Waals surface area contributed by atoms with Crippen molar-refractivity contribution in [1.29, 1.82) is 0 Å². The second-order valence-corrected chi connectivity index (χ2v) is 4.90. The van der Waals surface area contributed by atoms with E-state index in [1.165, 1.54) is 0 Å². The Hall–Kier alpha value is -1.62. The molecule has 1 aromatic heterocycles. The highest BCUT2D eigenvalue weighted by Crippen LogP contribution is 2.19. The van der Waals surface area contributed by atoms with Crippen molar-refractivity contribution in [3.8, 4) is 0 Å². The number of carbonyl (C=O) groups is 1. The monoisotopic (exact) mass is 248 g/mol. The van der Waals surface area contributed by atoms with Crippen LogP contribution in [0.4, 0.5) is 5.69 Å². The quantitative estimate of drug-likeness (QED) is 0.801. The fourth-order valence-electron chi connectivity index (χ4n) is 2.11. The second-order valence-electron chi connectivity index (χ2n) is 4.90. The predicted molar refractivity (Wildman–Crippen MR) is 71.4 cm³/mol. The van der Waals surface area contributed by atoms with Gasteiger partial charge in [-0.15, -0.1) is 0 Å². The first-order chi connectivity index (χ1) is 8.65. The molecule has 0 aromatic carbocycles. The Labute approximate surface area is 107 Å². The van der Waals surface area contributed by atoms with Crippen molar-refractivity contribution in [2.75, 3.05) is 18.4 Å². The van der Waals surface area contributed by atoms with E-state index in [1.807, 2.05) is 24.7 Å². The highest BCUT2D eigenvalue weighted by Gasteiger charge is 2.15. The lowest BCUT2D eigenvalue weighted by Gasteiger charge is -2.22. The van der Waals surface area contributed by atoms with Crippen LogP contribution < -0.4 is 10.6 Å². The topological polar surface area (TPSA) is 59.0 Å². The number of piperidine rings is 1. The summed E-state index contributed by atoms with van der Waals surface area (Å²) in [5.41, 5.74) is 1.74. The molecule has 5 heteroatoms. The summed E-state index contributed by atoms with van der Waals surface area (Å²) in [6.45, 7) is 5.87. The van der Waals surface area contributed by atoms with Gasteiger partial charge in [0.05, 0.1) is 17.9 Å². The van der Waals surface area contributed by atoms with Gasteiger partial charge in [0.25, 0.3) is 0 Å². The van der Waals surface area contributed by atoms with Crippen LogP contribution in [-0.2, 0) is 4.79 Å². The lowest BCUT2D eigenvalue weighted by molar-refractivity contribution is -0.111. The standard InChI is InChI=1S/C13H20N4O/c1-10(2)7-13(18)16-11-8-15-17(9-11)12-3-5-14-6-4-12/h7-9,12,14H,3-6H2,1-2H3,(H,16,18). The normalized spacial score (nSPS) is 16.3. The molecule has 0 atom stereocenters. The Balaban J connectivity index is 1.97.